The van der Waals surface area contributed by atoms with E-state index in [4.69, 9.17) is 23.2 Å². The number of halogens is 2. The van der Waals surface area contributed by atoms with Gasteiger partial charge in [0.15, 0.2) is 0 Å². The molecule has 110 valence electrons. The normalized spacial score (nSPS) is 11.4. The SMILES string of the molecule is OC(c1ccccc1)(c1ccccc1Cl)c1ccccc1Cl. The zero-order valence-corrected chi connectivity index (χ0v) is 13.2. The minimum atomic E-state index is -1.40. The summed E-state index contributed by atoms with van der Waals surface area (Å²) in [5.74, 6) is 0. The lowest BCUT2D eigenvalue weighted by atomic mass is 9.80. The summed E-state index contributed by atoms with van der Waals surface area (Å²) in [5.41, 5.74) is 0.529. The number of aliphatic hydroxyl groups is 1. The van der Waals surface area contributed by atoms with Crippen LogP contribution >= 0.6 is 23.2 Å². The van der Waals surface area contributed by atoms with Crippen molar-refractivity contribution in [3.05, 3.63) is 106 Å². The Bertz CT molecular complexity index is 739. The Balaban J connectivity index is 2.33. The molecule has 0 saturated carbocycles. The molecule has 3 aromatic rings. The number of hydrogen-bond acceptors (Lipinski definition) is 1. The zero-order chi connectivity index (χ0) is 15.6. The minimum absolute atomic E-state index is 0.494. The predicted molar refractivity (Wildman–Crippen MR) is 91.4 cm³/mol. The second-order valence-corrected chi connectivity index (χ2v) is 5.85. The first-order valence-corrected chi connectivity index (χ1v) is 7.67. The first-order valence-electron chi connectivity index (χ1n) is 6.92. The summed E-state index contributed by atoms with van der Waals surface area (Å²) in [7, 11) is 0. The van der Waals surface area contributed by atoms with Gasteiger partial charge in [-0.15, -0.1) is 0 Å². The van der Waals surface area contributed by atoms with Gasteiger partial charge in [0.1, 0.15) is 5.60 Å². The number of rotatable bonds is 3. The summed E-state index contributed by atoms with van der Waals surface area (Å²) in [5, 5.41) is 12.6. The van der Waals surface area contributed by atoms with Crippen LogP contribution in [-0.2, 0) is 5.60 Å². The van der Waals surface area contributed by atoms with Crippen LogP contribution in [0.15, 0.2) is 78.9 Å². The molecule has 0 atom stereocenters. The van der Waals surface area contributed by atoms with Crippen LogP contribution in [0.25, 0.3) is 0 Å². The highest BCUT2D eigenvalue weighted by Gasteiger charge is 2.36. The van der Waals surface area contributed by atoms with E-state index in [9.17, 15) is 5.11 Å². The quantitative estimate of drug-likeness (QED) is 0.648. The van der Waals surface area contributed by atoms with Crippen LogP contribution in [0, 0.1) is 0 Å². The Morgan fingerprint density at radius 2 is 1.00 bits per heavy atom. The van der Waals surface area contributed by atoms with Crippen LogP contribution in [0.4, 0.5) is 0 Å². The van der Waals surface area contributed by atoms with Crippen LogP contribution in [0.3, 0.4) is 0 Å². The Labute approximate surface area is 139 Å². The molecule has 0 heterocycles. The highest BCUT2D eigenvalue weighted by molar-refractivity contribution is 6.32. The highest BCUT2D eigenvalue weighted by Crippen LogP contribution is 2.42. The van der Waals surface area contributed by atoms with Crippen molar-refractivity contribution in [2.75, 3.05) is 0 Å². The Morgan fingerprint density at radius 3 is 1.45 bits per heavy atom. The molecule has 0 radical (unpaired) electrons. The van der Waals surface area contributed by atoms with Gasteiger partial charge in [0.05, 0.1) is 0 Å². The summed E-state index contributed by atoms with van der Waals surface area (Å²) >= 11 is 12.7. The van der Waals surface area contributed by atoms with Gasteiger partial charge in [-0.1, -0.05) is 89.9 Å². The van der Waals surface area contributed by atoms with Gasteiger partial charge >= 0.3 is 0 Å². The average Bonchev–Trinajstić information content (AvgIpc) is 2.56. The van der Waals surface area contributed by atoms with Crippen molar-refractivity contribution in [2.24, 2.45) is 0 Å². The van der Waals surface area contributed by atoms with Crippen molar-refractivity contribution in [1.82, 2.24) is 0 Å². The summed E-state index contributed by atoms with van der Waals surface area (Å²) in [4.78, 5) is 0. The first kappa shape index (κ1) is 15.1. The van der Waals surface area contributed by atoms with E-state index >= 15 is 0 Å². The van der Waals surface area contributed by atoms with Gasteiger partial charge in [-0.2, -0.15) is 0 Å². The lowest BCUT2D eigenvalue weighted by Crippen LogP contribution is -2.29. The molecular formula is C19H14Cl2O. The molecule has 3 aromatic carbocycles. The third-order valence-electron chi connectivity index (χ3n) is 3.72. The maximum Gasteiger partial charge on any atom is 0.143 e. The molecule has 0 amide bonds. The van der Waals surface area contributed by atoms with Crippen molar-refractivity contribution >= 4 is 23.2 Å². The van der Waals surface area contributed by atoms with Crippen LogP contribution in [0.2, 0.25) is 10.0 Å². The van der Waals surface area contributed by atoms with Crippen molar-refractivity contribution in [1.29, 1.82) is 0 Å². The summed E-state index contributed by atoms with van der Waals surface area (Å²) in [6, 6.07) is 24.0. The molecule has 0 aliphatic rings. The molecule has 0 saturated heterocycles. The molecule has 0 aliphatic heterocycles. The molecule has 22 heavy (non-hydrogen) atoms. The van der Waals surface area contributed by atoms with Crippen LogP contribution in [0.5, 0.6) is 0 Å². The number of hydrogen-bond donors (Lipinski definition) is 1. The van der Waals surface area contributed by atoms with E-state index in [1.54, 1.807) is 12.1 Å². The van der Waals surface area contributed by atoms with E-state index in [1.807, 2.05) is 66.7 Å². The second kappa shape index (κ2) is 6.13. The molecule has 0 aromatic heterocycles. The molecule has 0 aliphatic carbocycles. The standard InChI is InChI=1S/C19H14Cl2O/c20-17-12-6-4-10-15(17)19(22,14-8-2-1-3-9-14)16-11-5-7-13-18(16)21/h1-13,22H. The van der Waals surface area contributed by atoms with E-state index in [0.29, 0.717) is 21.2 Å². The van der Waals surface area contributed by atoms with Gasteiger partial charge in [0.25, 0.3) is 0 Å². The van der Waals surface area contributed by atoms with Gasteiger partial charge in [-0.3, -0.25) is 0 Å². The van der Waals surface area contributed by atoms with Gasteiger partial charge in [0, 0.05) is 21.2 Å². The van der Waals surface area contributed by atoms with Crippen molar-refractivity contribution in [3.8, 4) is 0 Å². The van der Waals surface area contributed by atoms with Gasteiger partial charge in [-0.05, 0) is 17.7 Å². The fourth-order valence-corrected chi connectivity index (χ4v) is 3.19. The van der Waals surface area contributed by atoms with E-state index in [0.717, 1.165) is 5.56 Å². The Kier molecular flexibility index (Phi) is 4.21. The van der Waals surface area contributed by atoms with Crippen LogP contribution in [-0.4, -0.2) is 5.11 Å². The average molecular weight is 329 g/mol. The number of benzene rings is 3. The molecule has 0 unspecified atom stereocenters. The molecule has 0 bridgehead atoms. The van der Waals surface area contributed by atoms with E-state index < -0.39 is 5.60 Å². The highest BCUT2D eigenvalue weighted by atomic mass is 35.5. The molecule has 1 nitrogen and oxygen atoms in total. The van der Waals surface area contributed by atoms with E-state index in [-0.39, 0.29) is 0 Å². The monoisotopic (exact) mass is 328 g/mol. The minimum Gasteiger partial charge on any atom is -0.376 e. The maximum atomic E-state index is 11.6. The summed E-state index contributed by atoms with van der Waals surface area (Å²) < 4.78 is 0. The Morgan fingerprint density at radius 1 is 0.591 bits per heavy atom. The first-order chi connectivity index (χ1) is 10.6. The molecule has 3 heteroatoms. The van der Waals surface area contributed by atoms with Crippen LogP contribution in [0.1, 0.15) is 16.7 Å². The topological polar surface area (TPSA) is 20.2 Å². The zero-order valence-electron chi connectivity index (χ0n) is 11.7. The molecule has 0 spiro atoms. The molecule has 3 rings (SSSR count). The van der Waals surface area contributed by atoms with Crippen molar-refractivity contribution < 1.29 is 5.11 Å². The van der Waals surface area contributed by atoms with Crippen LogP contribution < -0.4 is 0 Å². The predicted octanol–water partition coefficient (Wildman–Crippen LogP) is 5.28. The fourth-order valence-electron chi connectivity index (χ4n) is 2.64. The van der Waals surface area contributed by atoms with E-state index in [2.05, 4.69) is 0 Å². The van der Waals surface area contributed by atoms with Gasteiger partial charge in [0.2, 0.25) is 0 Å². The molecular weight excluding hydrogens is 315 g/mol. The van der Waals surface area contributed by atoms with Gasteiger partial charge < -0.3 is 5.11 Å². The second-order valence-electron chi connectivity index (χ2n) is 5.04. The lowest BCUT2D eigenvalue weighted by molar-refractivity contribution is 0.126. The Hall–Kier alpha value is -1.80. The lowest BCUT2D eigenvalue weighted by Gasteiger charge is -2.31. The van der Waals surface area contributed by atoms with Crippen molar-refractivity contribution in [2.45, 2.75) is 5.60 Å². The summed E-state index contributed by atoms with van der Waals surface area (Å²) in [6.45, 7) is 0. The van der Waals surface area contributed by atoms with E-state index in [1.165, 1.54) is 0 Å². The molecule has 1 N–H and O–H groups in total. The summed E-state index contributed by atoms with van der Waals surface area (Å²) in [6.07, 6.45) is 0. The smallest absolute Gasteiger partial charge is 0.143 e. The van der Waals surface area contributed by atoms with Gasteiger partial charge in [-0.25, -0.2) is 0 Å². The third kappa shape index (κ3) is 2.52. The largest absolute Gasteiger partial charge is 0.376 e. The fraction of sp³-hybridized carbons (Fsp3) is 0.0526. The maximum absolute atomic E-state index is 11.6. The molecule has 0 fully saturated rings. The van der Waals surface area contributed by atoms with Crippen molar-refractivity contribution in [3.63, 3.8) is 0 Å². The third-order valence-corrected chi connectivity index (χ3v) is 4.38.